The number of hydrogen-bond donors (Lipinski definition) is 0. The summed E-state index contributed by atoms with van der Waals surface area (Å²) in [6.45, 7) is 4.08. The van der Waals surface area contributed by atoms with Gasteiger partial charge in [0.1, 0.15) is 5.76 Å². The number of furan rings is 1. The summed E-state index contributed by atoms with van der Waals surface area (Å²) in [5, 5.41) is -0.135. The molecule has 2 aliphatic heterocycles. The first-order valence-electron chi connectivity index (χ1n) is 7.98. The summed E-state index contributed by atoms with van der Waals surface area (Å²) in [5.74, 6) is 1.20. The van der Waals surface area contributed by atoms with E-state index in [1.807, 2.05) is 12.1 Å². The van der Waals surface area contributed by atoms with Crippen molar-refractivity contribution < 1.29 is 17.6 Å². The first-order chi connectivity index (χ1) is 10.6. The van der Waals surface area contributed by atoms with Crippen molar-refractivity contribution in [3.05, 3.63) is 24.2 Å². The molecule has 1 saturated carbocycles. The largest absolute Gasteiger partial charge is 0.468 e. The van der Waals surface area contributed by atoms with Crippen molar-refractivity contribution in [3.8, 4) is 0 Å². The highest BCUT2D eigenvalue weighted by Gasteiger charge is 2.44. The molecular weight excluding hydrogens is 304 g/mol. The smallest absolute Gasteiger partial charge is 0.217 e. The molecule has 0 bridgehead atoms. The monoisotopic (exact) mass is 326 g/mol. The zero-order chi connectivity index (χ0) is 15.2. The molecule has 6 nitrogen and oxygen atoms in total. The van der Waals surface area contributed by atoms with Gasteiger partial charge in [-0.3, -0.25) is 4.90 Å². The lowest BCUT2D eigenvalue weighted by Crippen LogP contribution is -2.39. The van der Waals surface area contributed by atoms with Gasteiger partial charge in [-0.15, -0.1) is 0 Å². The number of sulfonamides is 1. The van der Waals surface area contributed by atoms with Gasteiger partial charge < -0.3 is 9.15 Å². The van der Waals surface area contributed by atoms with E-state index in [2.05, 4.69) is 4.90 Å². The number of ether oxygens (including phenoxy) is 1. The van der Waals surface area contributed by atoms with Crippen LogP contribution < -0.4 is 0 Å². The second-order valence-corrected chi connectivity index (χ2v) is 8.76. The van der Waals surface area contributed by atoms with Crippen molar-refractivity contribution in [1.29, 1.82) is 0 Å². The van der Waals surface area contributed by atoms with Crippen molar-refractivity contribution in [3.63, 3.8) is 0 Å². The van der Waals surface area contributed by atoms with E-state index in [4.69, 9.17) is 9.15 Å². The quantitative estimate of drug-likeness (QED) is 0.823. The molecule has 0 radical (unpaired) electrons. The van der Waals surface area contributed by atoms with Crippen LogP contribution in [-0.4, -0.2) is 61.8 Å². The number of likely N-dealkylation sites (tertiary alicyclic amines) is 1. The highest BCUT2D eigenvalue weighted by molar-refractivity contribution is 7.90. The third kappa shape index (κ3) is 2.82. The molecule has 2 saturated heterocycles. The van der Waals surface area contributed by atoms with Crippen molar-refractivity contribution >= 4 is 10.0 Å². The summed E-state index contributed by atoms with van der Waals surface area (Å²) in [6.07, 6.45) is 3.45. The zero-order valence-electron chi connectivity index (χ0n) is 12.6. The standard InChI is InChI=1S/C15H22N2O4S/c18-22(19,14-3-4-14)17-5-7-21-15-11-16(8-12(15)9-17)10-13-2-1-6-20-13/h1-2,6,12,14-15H,3-5,7-11H2/t12-,15-/m1/s1. The summed E-state index contributed by atoms with van der Waals surface area (Å²) in [5.41, 5.74) is 0. The van der Waals surface area contributed by atoms with Gasteiger partial charge in [-0.1, -0.05) is 0 Å². The molecule has 3 heterocycles. The highest BCUT2D eigenvalue weighted by atomic mass is 32.2. The molecule has 0 aromatic carbocycles. The Kier molecular flexibility index (Phi) is 3.76. The Morgan fingerprint density at radius 1 is 1.23 bits per heavy atom. The molecule has 1 aromatic rings. The molecule has 0 spiro atoms. The van der Waals surface area contributed by atoms with Crippen LogP contribution in [0.4, 0.5) is 0 Å². The van der Waals surface area contributed by atoms with E-state index in [9.17, 15) is 8.42 Å². The molecular formula is C15H22N2O4S. The summed E-state index contributed by atoms with van der Waals surface area (Å²) in [7, 11) is -3.10. The van der Waals surface area contributed by atoms with Gasteiger partial charge in [0.25, 0.3) is 0 Å². The van der Waals surface area contributed by atoms with E-state index in [0.29, 0.717) is 19.7 Å². The number of nitrogens with zero attached hydrogens (tertiary/aromatic N) is 2. The fraction of sp³-hybridized carbons (Fsp3) is 0.733. The van der Waals surface area contributed by atoms with Gasteiger partial charge in [0.2, 0.25) is 10.0 Å². The van der Waals surface area contributed by atoms with Gasteiger partial charge in [-0.2, -0.15) is 4.31 Å². The van der Waals surface area contributed by atoms with Crippen LogP contribution in [-0.2, 0) is 21.3 Å². The maximum Gasteiger partial charge on any atom is 0.217 e. The van der Waals surface area contributed by atoms with E-state index in [1.54, 1.807) is 10.6 Å². The zero-order valence-corrected chi connectivity index (χ0v) is 13.4. The minimum Gasteiger partial charge on any atom is -0.468 e. The predicted octanol–water partition coefficient (Wildman–Crippen LogP) is 0.904. The van der Waals surface area contributed by atoms with Gasteiger partial charge in [-0.05, 0) is 25.0 Å². The fourth-order valence-electron chi connectivity index (χ4n) is 3.51. The van der Waals surface area contributed by atoms with E-state index in [-0.39, 0.29) is 17.3 Å². The van der Waals surface area contributed by atoms with E-state index in [1.165, 1.54) is 0 Å². The Labute approximate surface area is 131 Å². The van der Waals surface area contributed by atoms with Gasteiger partial charge in [-0.25, -0.2) is 8.42 Å². The molecule has 1 aromatic heterocycles. The van der Waals surface area contributed by atoms with E-state index in [0.717, 1.165) is 38.2 Å². The summed E-state index contributed by atoms with van der Waals surface area (Å²) < 4.78 is 37.9. The van der Waals surface area contributed by atoms with Crippen molar-refractivity contribution in [2.75, 3.05) is 32.8 Å². The molecule has 2 atom stereocenters. The van der Waals surface area contributed by atoms with Gasteiger partial charge in [0.15, 0.2) is 0 Å². The molecule has 3 fully saturated rings. The van der Waals surface area contributed by atoms with Gasteiger partial charge >= 0.3 is 0 Å². The highest BCUT2D eigenvalue weighted by Crippen LogP contribution is 2.33. The van der Waals surface area contributed by atoms with Crippen LogP contribution in [0, 0.1) is 5.92 Å². The molecule has 22 heavy (non-hydrogen) atoms. The van der Waals surface area contributed by atoms with Crippen LogP contribution in [0.5, 0.6) is 0 Å². The molecule has 0 N–H and O–H groups in total. The van der Waals surface area contributed by atoms with Crippen LogP contribution >= 0.6 is 0 Å². The van der Waals surface area contributed by atoms with Crippen LogP contribution in [0.25, 0.3) is 0 Å². The Balaban J connectivity index is 1.43. The van der Waals surface area contributed by atoms with Crippen molar-refractivity contribution in [1.82, 2.24) is 9.21 Å². The minimum atomic E-state index is -3.10. The number of fused-ring (bicyclic) bond motifs is 1. The third-order valence-electron chi connectivity index (χ3n) is 4.83. The minimum absolute atomic E-state index is 0.134. The lowest BCUT2D eigenvalue weighted by molar-refractivity contribution is 0.0515. The predicted molar refractivity (Wildman–Crippen MR) is 80.7 cm³/mol. The second kappa shape index (κ2) is 5.63. The van der Waals surface area contributed by atoms with Gasteiger partial charge in [0, 0.05) is 32.1 Å². The van der Waals surface area contributed by atoms with Gasteiger partial charge in [0.05, 0.1) is 30.8 Å². The Bertz CT molecular complexity index is 611. The molecule has 122 valence electrons. The molecule has 7 heteroatoms. The van der Waals surface area contributed by atoms with Crippen LogP contribution in [0.1, 0.15) is 18.6 Å². The van der Waals surface area contributed by atoms with Crippen LogP contribution in [0.3, 0.4) is 0 Å². The first-order valence-corrected chi connectivity index (χ1v) is 9.48. The van der Waals surface area contributed by atoms with Crippen molar-refractivity contribution in [2.45, 2.75) is 30.7 Å². The average molecular weight is 326 g/mol. The first kappa shape index (κ1) is 14.7. The molecule has 1 aliphatic carbocycles. The third-order valence-corrected chi connectivity index (χ3v) is 7.20. The SMILES string of the molecule is O=S(=O)(C1CC1)N1CCO[C@@H]2CN(Cc3ccco3)C[C@@H]2C1. The summed E-state index contributed by atoms with van der Waals surface area (Å²) in [6, 6.07) is 3.86. The fourth-order valence-corrected chi connectivity index (χ4v) is 5.39. The topological polar surface area (TPSA) is 63.0 Å². The Morgan fingerprint density at radius 3 is 2.82 bits per heavy atom. The Morgan fingerprint density at radius 2 is 2.09 bits per heavy atom. The normalized spacial score (nSPS) is 31.1. The van der Waals surface area contributed by atoms with E-state index < -0.39 is 10.0 Å². The molecule has 0 unspecified atom stereocenters. The van der Waals surface area contributed by atoms with Crippen molar-refractivity contribution in [2.24, 2.45) is 5.92 Å². The lowest BCUT2D eigenvalue weighted by Gasteiger charge is -2.23. The maximum absolute atomic E-state index is 12.5. The summed E-state index contributed by atoms with van der Waals surface area (Å²) in [4.78, 5) is 2.29. The Hall–Kier alpha value is -0.890. The lowest BCUT2D eigenvalue weighted by atomic mass is 10.1. The second-order valence-electron chi connectivity index (χ2n) is 6.55. The average Bonchev–Trinajstić information content (AvgIpc) is 3.18. The molecule has 4 rings (SSSR count). The van der Waals surface area contributed by atoms with Crippen LogP contribution in [0.15, 0.2) is 22.8 Å². The van der Waals surface area contributed by atoms with Crippen LogP contribution in [0.2, 0.25) is 0 Å². The number of hydrogen-bond acceptors (Lipinski definition) is 5. The van der Waals surface area contributed by atoms with E-state index >= 15 is 0 Å². The molecule has 0 amide bonds. The number of rotatable bonds is 4. The summed E-state index contributed by atoms with van der Waals surface area (Å²) >= 11 is 0. The molecule has 3 aliphatic rings. The maximum atomic E-state index is 12.5.